The molecule has 0 saturated carbocycles. The Bertz CT molecular complexity index is 210. The van der Waals surface area contributed by atoms with E-state index in [1.165, 1.54) is 0 Å². The first-order chi connectivity index (χ1) is 8.02. The molecule has 0 aliphatic carbocycles. The maximum absolute atomic E-state index is 12.1. The van der Waals surface area contributed by atoms with E-state index in [0.29, 0.717) is 13.0 Å². The van der Waals surface area contributed by atoms with Crippen LogP contribution in [0.15, 0.2) is 0 Å². The summed E-state index contributed by atoms with van der Waals surface area (Å²) in [5.74, 6) is 0.0331. The molecule has 0 aliphatic rings. The summed E-state index contributed by atoms with van der Waals surface area (Å²) in [6.07, 6.45) is 1.54. The summed E-state index contributed by atoms with van der Waals surface area (Å²) in [6, 6.07) is -0.441. The first-order valence-corrected chi connectivity index (χ1v) is 6.21. The van der Waals surface area contributed by atoms with Gasteiger partial charge in [0.25, 0.3) is 0 Å². The second-order valence-corrected chi connectivity index (χ2v) is 4.52. The Balaban J connectivity index is 4.21. The van der Waals surface area contributed by atoms with Crippen molar-refractivity contribution in [2.45, 2.75) is 25.8 Å². The van der Waals surface area contributed by atoms with Crippen molar-refractivity contribution in [3.05, 3.63) is 0 Å². The minimum Gasteiger partial charge on any atom is -0.385 e. The molecule has 0 aromatic heterocycles. The van der Waals surface area contributed by atoms with Crippen molar-refractivity contribution in [2.75, 3.05) is 47.4 Å². The third-order valence-corrected chi connectivity index (χ3v) is 2.57. The molecule has 0 fully saturated rings. The van der Waals surface area contributed by atoms with Crippen molar-refractivity contribution in [2.24, 2.45) is 5.73 Å². The van der Waals surface area contributed by atoms with Crippen LogP contribution in [0.1, 0.15) is 19.8 Å². The summed E-state index contributed by atoms with van der Waals surface area (Å²) in [6.45, 7) is 4.97. The zero-order chi connectivity index (χ0) is 13.3. The smallest absolute Gasteiger partial charge is 0.239 e. The molecule has 0 radical (unpaired) electrons. The number of rotatable bonds is 9. The molecular weight excluding hydrogens is 218 g/mol. The van der Waals surface area contributed by atoms with Crippen molar-refractivity contribution in [3.8, 4) is 0 Å². The van der Waals surface area contributed by atoms with Gasteiger partial charge in [0, 0.05) is 33.4 Å². The predicted molar refractivity (Wildman–Crippen MR) is 69.9 cm³/mol. The minimum absolute atomic E-state index is 0.0331. The Labute approximate surface area is 105 Å². The van der Waals surface area contributed by atoms with Crippen molar-refractivity contribution >= 4 is 5.91 Å². The fraction of sp³-hybridized carbons (Fsp3) is 0.917. The Kier molecular flexibility index (Phi) is 9.03. The molecule has 0 heterocycles. The molecule has 0 aromatic rings. The van der Waals surface area contributed by atoms with E-state index < -0.39 is 6.04 Å². The first kappa shape index (κ1) is 16.4. The topological polar surface area (TPSA) is 58.8 Å². The van der Waals surface area contributed by atoms with Crippen LogP contribution in [0.4, 0.5) is 0 Å². The summed E-state index contributed by atoms with van der Waals surface area (Å²) in [5.41, 5.74) is 5.86. The molecule has 0 rings (SSSR count). The maximum atomic E-state index is 12.1. The maximum Gasteiger partial charge on any atom is 0.239 e. The second kappa shape index (κ2) is 9.39. The number of hydrogen-bond donors (Lipinski definition) is 1. The molecule has 17 heavy (non-hydrogen) atoms. The predicted octanol–water partition coefficient (Wildman–Crippen LogP) is 0.150. The lowest BCUT2D eigenvalue weighted by Gasteiger charge is -2.26. The molecule has 1 amide bonds. The SMILES string of the molecule is CCCN(CCN(C)C)C(=O)C(N)CCOC. The van der Waals surface area contributed by atoms with Gasteiger partial charge in [0.05, 0.1) is 6.04 Å². The van der Waals surface area contributed by atoms with Gasteiger partial charge in [-0.2, -0.15) is 0 Å². The molecule has 102 valence electrons. The molecule has 2 N–H and O–H groups in total. The first-order valence-electron chi connectivity index (χ1n) is 6.21. The van der Waals surface area contributed by atoms with Crippen LogP contribution >= 0.6 is 0 Å². The number of amides is 1. The van der Waals surface area contributed by atoms with Crippen LogP contribution in [-0.2, 0) is 9.53 Å². The Morgan fingerprint density at radius 2 is 1.94 bits per heavy atom. The minimum atomic E-state index is -0.441. The van der Waals surface area contributed by atoms with E-state index >= 15 is 0 Å². The van der Waals surface area contributed by atoms with E-state index in [9.17, 15) is 4.79 Å². The van der Waals surface area contributed by atoms with Crippen molar-refractivity contribution in [1.82, 2.24) is 9.80 Å². The van der Waals surface area contributed by atoms with E-state index in [4.69, 9.17) is 10.5 Å². The number of ether oxygens (including phenoxy) is 1. The third kappa shape index (κ3) is 7.31. The average molecular weight is 245 g/mol. The van der Waals surface area contributed by atoms with E-state index in [2.05, 4.69) is 11.8 Å². The van der Waals surface area contributed by atoms with Crippen molar-refractivity contribution in [1.29, 1.82) is 0 Å². The number of likely N-dealkylation sites (N-methyl/N-ethyl adjacent to an activating group) is 1. The number of methoxy groups -OCH3 is 1. The fourth-order valence-electron chi connectivity index (χ4n) is 1.53. The average Bonchev–Trinajstić information content (AvgIpc) is 2.30. The van der Waals surface area contributed by atoms with Gasteiger partial charge in [-0.05, 0) is 26.9 Å². The highest BCUT2D eigenvalue weighted by Crippen LogP contribution is 2.00. The van der Waals surface area contributed by atoms with Crippen LogP contribution < -0.4 is 5.73 Å². The lowest BCUT2D eigenvalue weighted by molar-refractivity contribution is -0.133. The molecule has 1 atom stereocenters. The van der Waals surface area contributed by atoms with Gasteiger partial charge in [0.1, 0.15) is 0 Å². The number of nitrogens with zero attached hydrogens (tertiary/aromatic N) is 2. The lowest BCUT2D eigenvalue weighted by Crippen LogP contribution is -2.46. The summed E-state index contributed by atoms with van der Waals surface area (Å²) >= 11 is 0. The van der Waals surface area contributed by atoms with Crippen LogP contribution in [0.5, 0.6) is 0 Å². The molecule has 5 nitrogen and oxygen atoms in total. The fourth-order valence-corrected chi connectivity index (χ4v) is 1.53. The van der Waals surface area contributed by atoms with Gasteiger partial charge >= 0.3 is 0 Å². The quantitative estimate of drug-likeness (QED) is 0.628. The van der Waals surface area contributed by atoms with Crippen LogP contribution in [0.3, 0.4) is 0 Å². The number of carbonyl (C=O) groups excluding carboxylic acids is 1. The van der Waals surface area contributed by atoms with Gasteiger partial charge in [0.15, 0.2) is 0 Å². The molecule has 0 aliphatic heterocycles. The zero-order valence-corrected chi connectivity index (χ0v) is 11.6. The standard InChI is InChI=1S/C12H27N3O2/c1-5-7-15(9-8-14(2)3)12(16)11(13)6-10-17-4/h11H,5-10,13H2,1-4H3. The number of carbonyl (C=O) groups is 1. The summed E-state index contributed by atoms with van der Waals surface area (Å²) in [5, 5.41) is 0. The second-order valence-electron chi connectivity index (χ2n) is 4.52. The molecular formula is C12H27N3O2. The normalized spacial score (nSPS) is 12.8. The molecule has 0 spiro atoms. The van der Waals surface area contributed by atoms with E-state index in [1.807, 2.05) is 19.0 Å². The Morgan fingerprint density at radius 3 is 2.41 bits per heavy atom. The van der Waals surface area contributed by atoms with E-state index in [1.54, 1.807) is 7.11 Å². The molecule has 0 aromatic carbocycles. The van der Waals surface area contributed by atoms with Crippen LogP contribution in [0.25, 0.3) is 0 Å². The van der Waals surface area contributed by atoms with Crippen molar-refractivity contribution in [3.63, 3.8) is 0 Å². The molecule has 0 saturated heterocycles. The third-order valence-electron chi connectivity index (χ3n) is 2.57. The highest BCUT2D eigenvalue weighted by Gasteiger charge is 2.19. The lowest BCUT2D eigenvalue weighted by atomic mass is 10.2. The summed E-state index contributed by atoms with van der Waals surface area (Å²) in [7, 11) is 5.62. The monoisotopic (exact) mass is 245 g/mol. The van der Waals surface area contributed by atoms with Gasteiger partial charge in [-0.1, -0.05) is 6.92 Å². The number of nitrogens with two attached hydrogens (primary N) is 1. The van der Waals surface area contributed by atoms with Crippen LogP contribution in [-0.4, -0.2) is 69.2 Å². The van der Waals surface area contributed by atoms with Gasteiger partial charge in [-0.15, -0.1) is 0 Å². The Hall–Kier alpha value is -0.650. The molecule has 1 unspecified atom stereocenters. The van der Waals surface area contributed by atoms with Gasteiger partial charge in [-0.25, -0.2) is 0 Å². The highest BCUT2D eigenvalue weighted by molar-refractivity contribution is 5.81. The highest BCUT2D eigenvalue weighted by atomic mass is 16.5. The van der Waals surface area contributed by atoms with E-state index in [-0.39, 0.29) is 5.91 Å². The van der Waals surface area contributed by atoms with Gasteiger partial charge in [-0.3, -0.25) is 4.79 Å². The molecule has 0 bridgehead atoms. The largest absolute Gasteiger partial charge is 0.385 e. The number of hydrogen-bond acceptors (Lipinski definition) is 4. The van der Waals surface area contributed by atoms with Gasteiger partial charge in [0.2, 0.25) is 5.91 Å². The van der Waals surface area contributed by atoms with E-state index in [0.717, 1.165) is 26.1 Å². The van der Waals surface area contributed by atoms with Gasteiger partial charge < -0.3 is 20.3 Å². The van der Waals surface area contributed by atoms with Crippen molar-refractivity contribution < 1.29 is 9.53 Å². The van der Waals surface area contributed by atoms with Crippen LogP contribution in [0, 0.1) is 0 Å². The zero-order valence-electron chi connectivity index (χ0n) is 11.6. The summed E-state index contributed by atoms with van der Waals surface area (Å²) < 4.78 is 4.94. The summed E-state index contributed by atoms with van der Waals surface area (Å²) in [4.78, 5) is 16.0. The molecule has 5 heteroatoms. The Morgan fingerprint density at radius 1 is 1.29 bits per heavy atom. The van der Waals surface area contributed by atoms with Crippen LogP contribution in [0.2, 0.25) is 0 Å².